The third-order valence-electron chi connectivity index (χ3n) is 5.49. The van der Waals surface area contributed by atoms with Gasteiger partial charge in [0, 0.05) is 20.1 Å². The number of carbonyl (C=O) groups excluding carboxylic acids is 2. The number of aryl methyl sites for hydroxylation is 1. The number of benzene rings is 2. The van der Waals surface area contributed by atoms with Crippen molar-refractivity contribution in [1.82, 2.24) is 4.90 Å². The number of anilines is 1. The molecule has 1 aliphatic rings. The van der Waals surface area contributed by atoms with Crippen LogP contribution in [0.1, 0.15) is 42.1 Å². The molecule has 2 aromatic rings. The molecule has 1 saturated carbocycles. The van der Waals surface area contributed by atoms with Gasteiger partial charge in [0.25, 0.3) is 15.9 Å². The van der Waals surface area contributed by atoms with E-state index in [1.54, 1.807) is 41.3 Å². The van der Waals surface area contributed by atoms with Gasteiger partial charge < -0.3 is 9.64 Å². The predicted molar refractivity (Wildman–Crippen MR) is 123 cm³/mol. The summed E-state index contributed by atoms with van der Waals surface area (Å²) in [5.74, 6) is -0.230. The number of esters is 1. The molecule has 32 heavy (non-hydrogen) atoms. The van der Waals surface area contributed by atoms with Crippen LogP contribution in [-0.2, 0) is 19.6 Å². The molecule has 7 nitrogen and oxygen atoms in total. The Kier molecular flexibility index (Phi) is 7.56. The van der Waals surface area contributed by atoms with Crippen LogP contribution in [0, 0.1) is 12.8 Å². The van der Waals surface area contributed by atoms with Crippen molar-refractivity contribution in [2.45, 2.75) is 38.0 Å². The highest BCUT2D eigenvalue weighted by atomic mass is 32.2. The van der Waals surface area contributed by atoms with Crippen molar-refractivity contribution in [1.29, 1.82) is 0 Å². The van der Waals surface area contributed by atoms with E-state index in [0.717, 1.165) is 35.7 Å². The second kappa shape index (κ2) is 10.2. The zero-order valence-electron chi connectivity index (χ0n) is 18.8. The van der Waals surface area contributed by atoms with Gasteiger partial charge in [0.15, 0.2) is 6.61 Å². The maximum atomic E-state index is 12.8. The number of nitrogens with zero attached hydrogens (tertiary/aromatic N) is 2. The Morgan fingerprint density at radius 3 is 2.22 bits per heavy atom. The molecule has 8 heteroatoms. The normalized spacial score (nSPS) is 13.5. The van der Waals surface area contributed by atoms with Gasteiger partial charge in [-0.2, -0.15) is 0 Å². The van der Waals surface area contributed by atoms with Gasteiger partial charge in [-0.05, 0) is 68.5 Å². The fraction of sp³-hybridized carbons (Fsp3) is 0.417. The van der Waals surface area contributed by atoms with Crippen molar-refractivity contribution >= 4 is 27.6 Å². The quantitative estimate of drug-likeness (QED) is 0.508. The van der Waals surface area contributed by atoms with Crippen molar-refractivity contribution < 1.29 is 22.7 Å². The number of ether oxygens (including phenoxy) is 1. The fourth-order valence-electron chi connectivity index (χ4n) is 3.32. The highest BCUT2D eigenvalue weighted by Crippen LogP contribution is 2.29. The summed E-state index contributed by atoms with van der Waals surface area (Å²) < 4.78 is 32.0. The minimum atomic E-state index is -3.72. The second-order valence-corrected chi connectivity index (χ2v) is 10.2. The summed E-state index contributed by atoms with van der Waals surface area (Å²) >= 11 is 0. The summed E-state index contributed by atoms with van der Waals surface area (Å²) in [5, 5.41) is 0. The molecule has 172 valence electrons. The van der Waals surface area contributed by atoms with E-state index in [0.29, 0.717) is 18.2 Å². The van der Waals surface area contributed by atoms with E-state index in [1.807, 2.05) is 13.8 Å². The molecule has 1 fully saturated rings. The number of carbonyl (C=O) groups is 2. The molecule has 0 spiro atoms. The third-order valence-corrected chi connectivity index (χ3v) is 7.29. The molecule has 3 rings (SSSR count). The molecule has 0 aliphatic heterocycles. The number of hydrogen-bond donors (Lipinski definition) is 0. The van der Waals surface area contributed by atoms with Crippen LogP contribution in [0.3, 0.4) is 0 Å². The molecule has 0 unspecified atom stereocenters. The Bertz CT molecular complexity index is 1040. The van der Waals surface area contributed by atoms with Crippen LogP contribution in [-0.4, -0.2) is 51.9 Å². The zero-order valence-corrected chi connectivity index (χ0v) is 19.6. The molecule has 0 aromatic heterocycles. The van der Waals surface area contributed by atoms with Crippen molar-refractivity contribution in [3.63, 3.8) is 0 Å². The molecule has 0 radical (unpaired) electrons. The van der Waals surface area contributed by atoms with Gasteiger partial charge >= 0.3 is 5.97 Å². The van der Waals surface area contributed by atoms with E-state index in [-0.39, 0.29) is 23.0 Å². The first-order chi connectivity index (χ1) is 15.2. The molecular weight excluding hydrogens is 428 g/mol. The molecule has 0 saturated heterocycles. The number of hydrogen-bond acceptors (Lipinski definition) is 5. The number of rotatable bonds is 10. The first-order valence-electron chi connectivity index (χ1n) is 10.8. The minimum absolute atomic E-state index is 0.187. The smallest absolute Gasteiger partial charge is 0.338 e. The van der Waals surface area contributed by atoms with Gasteiger partial charge in [0.05, 0.1) is 16.1 Å². The first kappa shape index (κ1) is 23.8. The molecule has 2 aromatic carbocycles. The second-order valence-electron chi connectivity index (χ2n) is 8.19. The molecule has 1 aliphatic carbocycles. The Labute approximate surface area is 190 Å². The Morgan fingerprint density at radius 1 is 1.03 bits per heavy atom. The minimum Gasteiger partial charge on any atom is -0.452 e. The van der Waals surface area contributed by atoms with Gasteiger partial charge in [0.1, 0.15) is 0 Å². The maximum Gasteiger partial charge on any atom is 0.338 e. The SMILES string of the molecule is CCCN(CC1CC1)C(=O)COC(=O)c1ccc(N(C)S(=O)(=O)c2ccc(C)cc2)cc1. The Hall–Kier alpha value is -2.87. The maximum absolute atomic E-state index is 12.8. The molecule has 0 N–H and O–H groups in total. The van der Waals surface area contributed by atoms with Crippen LogP contribution < -0.4 is 4.31 Å². The predicted octanol–water partition coefficient (Wildman–Crippen LogP) is 3.63. The van der Waals surface area contributed by atoms with Crippen LogP contribution in [0.15, 0.2) is 53.4 Å². The van der Waals surface area contributed by atoms with Gasteiger partial charge in [-0.25, -0.2) is 13.2 Å². The Morgan fingerprint density at radius 2 is 1.66 bits per heavy atom. The zero-order chi connectivity index (χ0) is 23.3. The van der Waals surface area contributed by atoms with Gasteiger partial charge in [-0.1, -0.05) is 24.6 Å². The third kappa shape index (κ3) is 5.88. The lowest BCUT2D eigenvalue weighted by Gasteiger charge is -2.22. The van der Waals surface area contributed by atoms with E-state index in [2.05, 4.69) is 0 Å². The summed E-state index contributed by atoms with van der Waals surface area (Å²) in [7, 11) is -2.25. The van der Waals surface area contributed by atoms with Crippen molar-refractivity contribution in [2.24, 2.45) is 5.92 Å². The van der Waals surface area contributed by atoms with E-state index in [9.17, 15) is 18.0 Å². The average molecular weight is 459 g/mol. The molecule has 1 amide bonds. The summed E-state index contributed by atoms with van der Waals surface area (Å²) in [6.45, 7) is 4.98. The van der Waals surface area contributed by atoms with Crippen LogP contribution in [0.2, 0.25) is 0 Å². The van der Waals surface area contributed by atoms with Crippen molar-refractivity contribution in [3.8, 4) is 0 Å². The highest BCUT2D eigenvalue weighted by molar-refractivity contribution is 7.92. The summed E-state index contributed by atoms with van der Waals surface area (Å²) in [6, 6.07) is 12.7. The van der Waals surface area contributed by atoms with Crippen molar-refractivity contribution in [3.05, 3.63) is 59.7 Å². The summed E-state index contributed by atoms with van der Waals surface area (Å²) in [5.41, 5.74) is 1.64. The monoisotopic (exact) mass is 458 g/mol. The van der Waals surface area contributed by atoms with Gasteiger partial charge in [0.2, 0.25) is 0 Å². The van der Waals surface area contributed by atoms with E-state index < -0.39 is 16.0 Å². The fourth-order valence-corrected chi connectivity index (χ4v) is 4.51. The first-order valence-corrected chi connectivity index (χ1v) is 12.3. The summed E-state index contributed by atoms with van der Waals surface area (Å²) in [6.07, 6.45) is 3.15. The molecule has 0 atom stereocenters. The lowest BCUT2D eigenvalue weighted by Crippen LogP contribution is -2.36. The van der Waals surface area contributed by atoms with E-state index >= 15 is 0 Å². The topological polar surface area (TPSA) is 84.0 Å². The van der Waals surface area contributed by atoms with Crippen LogP contribution in [0.4, 0.5) is 5.69 Å². The molecule has 0 heterocycles. The lowest BCUT2D eigenvalue weighted by molar-refractivity contribution is -0.134. The number of amides is 1. The van der Waals surface area contributed by atoms with Gasteiger partial charge in [-0.3, -0.25) is 9.10 Å². The Balaban J connectivity index is 1.61. The van der Waals surface area contributed by atoms with Crippen LogP contribution in [0.5, 0.6) is 0 Å². The highest BCUT2D eigenvalue weighted by Gasteiger charge is 2.27. The summed E-state index contributed by atoms with van der Waals surface area (Å²) in [4.78, 5) is 26.7. The lowest BCUT2D eigenvalue weighted by atomic mass is 10.2. The standard InChI is InChI=1S/C24H30N2O5S/c1-4-15-26(16-19-7-8-19)23(27)17-31-24(28)20-9-11-21(12-10-20)25(3)32(29,30)22-13-5-18(2)6-14-22/h5-6,9-14,19H,4,7-8,15-17H2,1-3H3. The molecular formula is C24H30N2O5S. The van der Waals surface area contributed by atoms with Crippen LogP contribution in [0.25, 0.3) is 0 Å². The van der Waals surface area contributed by atoms with E-state index in [1.165, 1.54) is 19.2 Å². The molecule has 0 bridgehead atoms. The van der Waals surface area contributed by atoms with E-state index in [4.69, 9.17) is 4.74 Å². The van der Waals surface area contributed by atoms with Crippen LogP contribution >= 0.6 is 0 Å². The average Bonchev–Trinajstić information content (AvgIpc) is 3.61. The van der Waals surface area contributed by atoms with Crippen molar-refractivity contribution in [2.75, 3.05) is 31.0 Å². The number of sulfonamides is 1. The largest absolute Gasteiger partial charge is 0.452 e. The van der Waals surface area contributed by atoms with Gasteiger partial charge in [-0.15, -0.1) is 0 Å².